The zero-order valence-corrected chi connectivity index (χ0v) is 12.5. The van der Waals surface area contributed by atoms with Crippen molar-refractivity contribution in [3.8, 4) is 0 Å². The summed E-state index contributed by atoms with van der Waals surface area (Å²) in [5.74, 6) is 0. The number of alkyl halides is 3. The molecule has 1 atom stereocenters. The van der Waals surface area contributed by atoms with Crippen LogP contribution in [0.5, 0.6) is 0 Å². The summed E-state index contributed by atoms with van der Waals surface area (Å²) in [6, 6.07) is 9.99. The minimum atomic E-state index is -4.72. The van der Waals surface area contributed by atoms with Crippen LogP contribution in [0.15, 0.2) is 36.4 Å². The molecule has 0 aromatic heterocycles. The molecule has 4 heteroatoms. The molecule has 2 aromatic rings. The predicted octanol–water partition coefficient (Wildman–Crippen LogP) is 4.91. The van der Waals surface area contributed by atoms with Gasteiger partial charge in [-0.05, 0) is 28.7 Å². The minimum Gasteiger partial charge on any atom is -0.376 e. The van der Waals surface area contributed by atoms with Gasteiger partial charge in [0.05, 0.1) is 0 Å². The molecule has 0 bridgehead atoms. The highest BCUT2D eigenvalue weighted by Gasteiger charge is 2.51. The molecule has 0 spiro atoms. The highest BCUT2D eigenvalue weighted by atomic mass is 19.4. The maximum Gasteiger partial charge on any atom is 0.421 e. The van der Waals surface area contributed by atoms with Gasteiger partial charge >= 0.3 is 6.18 Å². The summed E-state index contributed by atoms with van der Waals surface area (Å²) < 4.78 is 39.2. The van der Waals surface area contributed by atoms with E-state index in [9.17, 15) is 18.3 Å². The smallest absolute Gasteiger partial charge is 0.376 e. The van der Waals surface area contributed by atoms with Crippen LogP contribution in [0.3, 0.4) is 0 Å². The standard InChI is InChI=1S/C17H19F3O/c1-15(2,3)12-8-9-13-11(10-12)6-5-7-14(13)16(4,21)17(18,19)20/h5-10,21H,1-4H3. The largest absolute Gasteiger partial charge is 0.421 e. The van der Waals surface area contributed by atoms with Crippen molar-refractivity contribution in [2.24, 2.45) is 0 Å². The Hall–Kier alpha value is -1.55. The van der Waals surface area contributed by atoms with Gasteiger partial charge in [0, 0.05) is 5.56 Å². The molecule has 0 radical (unpaired) electrons. The van der Waals surface area contributed by atoms with E-state index >= 15 is 0 Å². The average Bonchev–Trinajstić information content (AvgIpc) is 2.34. The van der Waals surface area contributed by atoms with Crippen LogP contribution in [0.25, 0.3) is 10.8 Å². The number of fused-ring (bicyclic) bond motifs is 1. The lowest BCUT2D eigenvalue weighted by Gasteiger charge is -2.28. The third-order valence-corrected chi connectivity index (χ3v) is 3.82. The van der Waals surface area contributed by atoms with Gasteiger partial charge in [-0.15, -0.1) is 0 Å². The number of benzene rings is 2. The monoisotopic (exact) mass is 296 g/mol. The van der Waals surface area contributed by atoms with Crippen LogP contribution in [0.1, 0.15) is 38.8 Å². The summed E-state index contributed by atoms with van der Waals surface area (Å²) in [5.41, 5.74) is -2.03. The third kappa shape index (κ3) is 2.77. The Morgan fingerprint density at radius 1 is 0.905 bits per heavy atom. The van der Waals surface area contributed by atoms with Gasteiger partial charge < -0.3 is 5.11 Å². The topological polar surface area (TPSA) is 20.2 Å². The zero-order chi connectivity index (χ0) is 16.1. The second-order valence-corrected chi connectivity index (χ2v) is 6.56. The third-order valence-electron chi connectivity index (χ3n) is 3.82. The fraction of sp³-hybridized carbons (Fsp3) is 0.412. The van der Waals surface area contributed by atoms with Gasteiger partial charge in [0.25, 0.3) is 0 Å². The van der Waals surface area contributed by atoms with Gasteiger partial charge in [0.15, 0.2) is 5.60 Å². The van der Waals surface area contributed by atoms with Crippen LogP contribution in [0, 0.1) is 0 Å². The van der Waals surface area contributed by atoms with Gasteiger partial charge in [0.1, 0.15) is 0 Å². The lowest BCUT2D eigenvalue weighted by atomic mass is 9.84. The number of aliphatic hydroxyl groups is 1. The molecule has 1 N–H and O–H groups in total. The van der Waals surface area contributed by atoms with Crippen molar-refractivity contribution in [3.63, 3.8) is 0 Å². The Bertz CT molecular complexity index is 664. The zero-order valence-electron chi connectivity index (χ0n) is 12.5. The summed E-state index contributed by atoms with van der Waals surface area (Å²) >= 11 is 0. The number of rotatable bonds is 1. The molecule has 0 fully saturated rings. The minimum absolute atomic E-state index is 0.0866. The second-order valence-electron chi connectivity index (χ2n) is 6.56. The molecular weight excluding hydrogens is 277 g/mol. The van der Waals surface area contributed by atoms with Crippen LogP contribution in [0.4, 0.5) is 13.2 Å². The van der Waals surface area contributed by atoms with E-state index in [1.165, 1.54) is 6.07 Å². The quantitative estimate of drug-likeness (QED) is 0.793. The summed E-state index contributed by atoms with van der Waals surface area (Å²) in [6.45, 7) is 6.93. The average molecular weight is 296 g/mol. The molecule has 0 saturated carbocycles. The van der Waals surface area contributed by atoms with Gasteiger partial charge in [-0.3, -0.25) is 0 Å². The van der Waals surface area contributed by atoms with Crippen LogP contribution in [-0.2, 0) is 11.0 Å². The second kappa shape index (κ2) is 4.73. The first-order valence-corrected chi connectivity index (χ1v) is 6.77. The number of halogens is 3. The highest BCUT2D eigenvalue weighted by Crippen LogP contribution is 2.41. The molecule has 21 heavy (non-hydrogen) atoms. The van der Waals surface area contributed by atoms with Crippen LogP contribution >= 0.6 is 0 Å². The molecule has 2 rings (SSSR count). The summed E-state index contributed by atoms with van der Waals surface area (Å²) in [5, 5.41) is 11.0. The molecule has 0 saturated heterocycles. The molecule has 0 aliphatic heterocycles. The van der Waals surface area contributed by atoms with Gasteiger partial charge in [-0.1, -0.05) is 57.2 Å². The normalized spacial score (nSPS) is 16.0. The molecule has 114 valence electrons. The number of hydrogen-bond acceptors (Lipinski definition) is 1. The summed E-state index contributed by atoms with van der Waals surface area (Å²) in [6.07, 6.45) is -4.72. The first kappa shape index (κ1) is 15.8. The van der Waals surface area contributed by atoms with E-state index in [-0.39, 0.29) is 11.0 Å². The SMILES string of the molecule is CC(C)(C)c1ccc2c(C(C)(O)C(F)(F)F)cccc2c1. The van der Waals surface area contributed by atoms with E-state index in [0.29, 0.717) is 10.8 Å². The molecule has 0 aliphatic rings. The van der Waals surface area contributed by atoms with E-state index in [1.54, 1.807) is 18.2 Å². The Morgan fingerprint density at radius 3 is 2.05 bits per heavy atom. The van der Waals surface area contributed by atoms with Crippen molar-refractivity contribution in [1.82, 2.24) is 0 Å². The molecule has 2 aromatic carbocycles. The summed E-state index contributed by atoms with van der Waals surface area (Å²) in [7, 11) is 0. The summed E-state index contributed by atoms with van der Waals surface area (Å²) in [4.78, 5) is 0. The molecular formula is C17H19F3O. The van der Waals surface area contributed by atoms with Crippen molar-refractivity contribution >= 4 is 10.8 Å². The first-order valence-electron chi connectivity index (χ1n) is 6.77. The van der Waals surface area contributed by atoms with Crippen LogP contribution < -0.4 is 0 Å². The van der Waals surface area contributed by atoms with Crippen LogP contribution in [0.2, 0.25) is 0 Å². The fourth-order valence-corrected chi connectivity index (χ4v) is 2.33. The van der Waals surface area contributed by atoms with Gasteiger partial charge in [-0.25, -0.2) is 0 Å². The maximum absolute atomic E-state index is 13.1. The Kier molecular flexibility index (Phi) is 3.57. The maximum atomic E-state index is 13.1. The molecule has 1 nitrogen and oxygen atoms in total. The van der Waals surface area contributed by atoms with Crippen LogP contribution in [-0.4, -0.2) is 11.3 Å². The van der Waals surface area contributed by atoms with Crippen molar-refractivity contribution in [2.45, 2.75) is 44.9 Å². The molecule has 0 aliphatic carbocycles. The Morgan fingerprint density at radius 2 is 1.52 bits per heavy atom. The van der Waals surface area contributed by atoms with Gasteiger partial charge in [0.2, 0.25) is 0 Å². The predicted molar refractivity (Wildman–Crippen MR) is 78.3 cm³/mol. The van der Waals surface area contributed by atoms with E-state index in [4.69, 9.17) is 0 Å². The molecule has 0 amide bonds. The fourth-order valence-electron chi connectivity index (χ4n) is 2.33. The lowest BCUT2D eigenvalue weighted by molar-refractivity contribution is -0.258. The Balaban J connectivity index is 2.69. The highest BCUT2D eigenvalue weighted by molar-refractivity contribution is 5.87. The Labute approximate surface area is 122 Å². The molecule has 1 unspecified atom stereocenters. The van der Waals surface area contributed by atoms with Crippen molar-refractivity contribution in [2.75, 3.05) is 0 Å². The lowest BCUT2D eigenvalue weighted by Crippen LogP contribution is -2.39. The van der Waals surface area contributed by atoms with E-state index in [2.05, 4.69) is 0 Å². The number of hydrogen-bond donors (Lipinski definition) is 1. The van der Waals surface area contributed by atoms with E-state index in [1.807, 2.05) is 32.9 Å². The van der Waals surface area contributed by atoms with E-state index < -0.39 is 11.8 Å². The molecule has 0 heterocycles. The van der Waals surface area contributed by atoms with Gasteiger partial charge in [-0.2, -0.15) is 13.2 Å². The van der Waals surface area contributed by atoms with Crippen molar-refractivity contribution in [3.05, 3.63) is 47.5 Å². The van der Waals surface area contributed by atoms with Crippen molar-refractivity contribution < 1.29 is 18.3 Å². The van der Waals surface area contributed by atoms with E-state index in [0.717, 1.165) is 12.5 Å². The first-order chi connectivity index (χ1) is 9.44. The van der Waals surface area contributed by atoms with Crippen molar-refractivity contribution in [1.29, 1.82) is 0 Å².